The van der Waals surface area contributed by atoms with Crippen LogP contribution in [0.3, 0.4) is 0 Å². The second kappa shape index (κ2) is 5.65. The van der Waals surface area contributed by atoms with E-state index in [1.807, 2.05) is 6.92 Å². The summed E-state index contributed by atoms with van der Waals surface area (Å²) in [7, 11) is 0. The van der Waals surface area contributed by atoms with Crippen molar-refractivity contribution in [1.29, 1.82) is 0 Å². The van der Waals surface area contributed by atoms with Crippen LogP contribution in [0.2, 0.25) is 0 Å². The van der Waals surface area contributed by atoms with Gasteiger partial charge in [-0.05, 0) is 19.1 Å². The van der Waals surface area contributed by atoms with Gasteiger partial charge < -0.3 is 14.9 Å². The number of aryl methyl sites for hydroxylation is 1. The first kappa shape index (κ1) is 12.7. The average Bonchev–Trinajstić information content (AvgIpc) is 2.75. The van der Waals surface area contributed by atoms with Crippen molar-refractivity contribution in [2.75, 3.05) is 6.61 Å². The van der Waals surface area contributed by atoms with E-state index in [1.165, 1.54) is 0 Å². The highest BCUT2D eigenvalue weighted by Gasteiger charge is 2.29. The highest BCUT2D eigenvalue weighted by Crippen LogP contribution is 2.20. The molecule has 16 heavy (non-hydrogen) atoms. The Bertz CT molecular complexity index is 351. The van der Waals surface area contributed by atoms with Crippen molar-refractivity contribution in [3.8, 4) is 0 Å². The van der Waals surface area contributed by atoms with E-state index in [9.17, 15) is 9.18 Å². The molecule has 0 aliphatic carbocycles. The van der Waals surface area contributed by atoms with Gasteiger partial charge in [0.05, 0.1) is 6.61 Å². The quantitative estimate of drug-likeness (QED) is 0.781. The standard InChI is InChI=1S/C11H16FNO3/c1-3-7-5-6-8(16-7)10(13)9(12)11(14)15-4-2/h5-6,9-10H,3-4,13H2,1-2H3/t9?,10-/m1/s1. The molecular formula is C11H16FNO3. The summed E-state index contributed by atoms with van der Waals surface area (Å²) in [6, 6.07) is 2.18. The number of ether oxygens (including phenoxy) is 1. The minimum atomic E-state index is -1.89. The van der Waals surface area contributed by atoms with Gasteiger partial charge in [-0.1, -0.05) is 6.92 Å². The van der Waals surface area contributed by atoms with Gasteiger partial charge in [0.25, 0.3) is 0 Å². The van der Waals surface area contributed by atoms with Crippen molar-refractivity contribution in [2.45, 2.75) is 32.5 Å². The van der Waals surface area contributed by atoms with Crippen LogP contribution in [0.15, 0.2) is 16.5 Å². The van der Waals surface area contributed by atoms with Crippen molar-refractivity contribution in [1.82, 2.24) is 0 Å². The number of esters is 1. The van der Waals surface area contributed by atoms with Gasteiger partial charge in [0.1, 0.15) is 17.6 Å². The van der Waals surface area contributed by atoms with Gasteiger partial charge >= 0.3 is 5.97 Å². The Morgan fingerprint density at radius 1 is 1.56 bits per heavy atom. The van der Waals surface area contributed by atoms with Gasteiger partial charge in [-0.2, -0.15) is 0 Å². The van der Waals surface area contributed by atoms with E-state index in [1.54, 1.807) is 19.1 Å². The molecule has 0 bridgehead atoms. The van der Waals surface area contributed by atoms with Crippen LogP contribution in [0, 0.1) is 0 Å². The Kier molecular flexibility index (Phi) is 4.49. The first-order valence-corrected chi connectivity index (χ1v) is 5.25. The summed E-state index contributed by atoms with van der Waals surface area (Å²) in [6.07, 6.45) is -1.20. The third kappa shape index (κ3) is 2.82. The van der Waals surface area contributed by atoms with Gasteiger partial charge in [0.15, 0.2) is 0 Å². The zero-order valence-corrected chi connectivity index (χ0v) is 9.40. The summed E-state index contributed by atoms with van der Waals surface area (Å²) in [5.41, 5.74) is 5.57. The monoisotopic (exact) mass is 229 g/mol. The van der Waals surface area contributed by atoms with Gasteiger partial charge in [-0.3, -0.25) is 0 Å². The van der Waals surface area contributed by atoms with E-state index in [0.29, 0.717) is 12.2 Å². The van der Waals surface area contributed by atoms with Crippen LogP contribution in [0.4, 0.5) is 4.39 Å². The van der Waals surface area contributed by atoms with Gasteiger partial charge in [-0.15, -0.1) is 0 Å². The molecule has 1 rings (SSSR count). The summed E-state index contributed by atoms with van der Waals surface area (Å²) in [5, 5.41) is 0. The van der Waals surface area contributed by atoms with E-state index >= 15 is 0 Å². The molecule has 0 radical (unpaired) electrons. The highest BCUT2D eigenvalue weighted by molar-refractivity contribution is 5.75. The second-order valence-electron chi connectivity index (χ2n) is 3.34. The van der Waals surface area contributed by atoms with Gasteiger partial charge in [0, 0.05) is 6.42 Å². The number of furan rings is 1. The minimum Gasteiger partial charge on any atom is -0.464 e. The smallest absolute Gasteiger partial charge is 0.342 e. The van der Waals surface area contributed by atoms with Crippen LogP contribution in [-0.2, 0) is 16.0 Å². The van der Waals surface area contributed by atoms with Crippen LogP contribution in [0.1, 0.15) is 31.4 Å². The van der Waals surface area contributed by atoms with Crippen molar-refractivity contribution in [3.63, 3.8) is 0 Å². The van der Waals surface area contributed by atoms with Crippen molar-refractivity contribution in [2.24, 2.45) is 5.73 Å². The molecular weight excluding hydrogens is 213 g/mol. The molecule has 2 N–H and O–H groups in total. The summed E-state index contributed by atoms with van der Waals surface area (Å²) in [6.45, 7) is 3.65. The molecule has 90 valence electrons. The molecule has 0 aliphatic heterocycles. The largest absolute Gasteiger partial charge is 0.464 e. The lowest BCUT2D eigenvalue weighted by Gasteiger charge is -2.13. The van der Waals surface area contributed by atoms with Crippen LogP contribution < -0.4 is 5.73 Å². The maximum atomic E-state index is 13.5. The third-order valence-corrected chi connectivity index (χ3v) is 2.19. The summed E-state index contributed by atoms with van der Waals surface area (Å²) < 4.78 is 23.3. The molecule has 1 unspecified atom stereocenters. The lowest BCUT2D eigenvalue weighted by Crippen LogP contribution is -2.31. The molecule has 1 aromatic heterocycles. The molecule has 0 saturated carbocycles. The maximum Gasteiger partial charge on any atom is 0.342 e. The molecule has 1 heterocycles. The fourth-order valence-electron chi connectivity index (χ4n) is 1.28. The molecule has 2 atom stereocenters. The molecule has 0 amide bonds. The Morgan fingerprint density at radius 3 is 2.75 bits per heavy atom. The maximum absolute atomic E-state index is 13.5. The molecule has 0 aliphatic rings. The van der Waals surface area contributed by atoms with E-state index in [4.69, 9.17) is 10.2 Å². The minimum absolute atomic E-state index is 0.129. The summed E-state index contributed by atoms with van der Waals surface area (Å²) in [4.78, 5) is 11.1. The lowest BCUT2D eigenvalue weighted by atomic mass is 10.1. The first-order valence-electron chi connectivity index (χ1n) is 5.25. The van der Waals surface area contributed by atoms with Gasteiger partial charge in [0.2, 0.25) is 6.17 Å². The Balaban J connectivity index is 2.69. The molecule has 4 nitrogen and oxygen atoms in total. The fraction of sp³-hybridized carbons (Fsp3) is 0.545. The number of hydrogen-bond acceptors (Lipinski definition) is 4. The molecule has 0 spiro atoms. The van der Waals surface area contributed by atoms with Crippen LogP contribution in [0.5, 0.6) is 0 Å². The third-order valence-electron chi connectivity index (χ3n) is 2.19. The van der Waals surface area contributed by atoms with E-state index in [2.05, 4.69) is 4.74 Å². The number of hydrogen-bond donors (Lipinski definition) is 1. The van der Waals surface area contributed by atoms with Crippen LogP contribution in [-0.4, -0.2) is 18.7 Å². The van der Waals surface area contributed by atoms with Crippen molar-refractivity contribution >= 4 is 5.97 Å². The SMILES string of the molecule is CCOC(=O)C(F)[C@H](N)c1ccc(CC)o1. The molecule has 0 saturated heterocycles. The van der Waals surface area contributed by atoms with Gasteiger partial charge in [-0.25, -0.2) is 9.18 Å². The Labute approximate surface area is 93.6 Å². The number of alkyl halides is 1. The first-order chi connectivity index (χ1) is 7.60. The summed E-state index contributed by atoms with van der Waals surface area (Å²) >= 11 is 0. The highest BCUT2D eigenvalue weighted by atomic mass is 19.1. The lowest BCUT2D eigenvalue weighted by molar-refractivity contribution is -0.150. The molecule has 5 heteroatoms. The number of halogens is 1. The predicted molar refractivity (Wildman–Crippen MR) is 56.5 cm³/mol. The topological polar surface area (TPSA) is 65.5 Å². The van der Waals surface area contributed by atoms with Crippen molar-refractivity contribution < 1.29 is 18.3 Å². The normalized spacial score (nSPS) is 14.5. The fourth-order valence-corrected chi connectivity index (χ4v) is 1.28. The zero-order valence-electron chi connectivity index (χ0n) is 9.40. The molecule has 0 aromatic carbocycles. The Hall–Kier alpha value is -1.36. The van der Waals surface area contributed by atoms with Crippen LogP contribution in [0.25, 0.3) is 0 Å². The van der Waals surface area contributed by atoms with E-state index < -0.39 is 18.2 Å². The predicted octanol–water partition coefficient (Wildman–Crippen LogP) is 1.74. The van der Waals surface area contributed by atoms with Crippen molar-refractivity contribution in [3.05, 3.63) is 23.7 Å². The van der Waals surface area contributed by atoms with Crippen LogP contribution >= 0.6 is 0 Å². The molecule has 1 aromatic rings. The number of carbonyl (C=O) groups is 1. The summed E-state index contributed by atoms with van der Waals surface area (Å²) in [5.74, 6) is 0.0170. The Morgan fingerprint density at radius 2 is 2.25 bits per heavy atom. The average molecular weight is 229 g/mol. The number of rotatable bonds is 5. The zero-order chi connectivity index (χ0) is 12.1. The second-order valence-corrected chi connectivity index (χ2v) is 3.34. The number of nitrogens with two attached hydrogens (primary N) is 1. The molecule has 0 fully saturated rings. The number of carbonyl (C=O) groups excluding carboxylic acids is 1. The van der Waals surface area contributed by atoms with E-state index in [-0.39, 0.29) is 12.4 Å². The van der Waals surface area contributed by atoms with E-state index in [0.717, 1.165) is 0 Å².